The van der Waals surface area contributed by atoms with Crippen molar-refractivity contribution in [2.24, 2.45) is 5.92 Å². The van der Waals surface area contributed by atoms with E-state index in [1.165, 1.54) is 0 Å². The van der Waals surface area contributed by atoms with Gasteiger partial charge in [0.15, 0.2) is 0 Å². The number of nitrogens with zero attached hydrogens (tertiary/aromatic N) is 1. The van der Waals surface area contributed by atoms with E-state index in [4.69, 9.17) is 4.74 Å². The molecule has 2 heterocycles. The fourth-order valence-electron chi connectivity index (χ4n) is 3.11. The Kier molecular flexibility index (Phi) is 3.38. The predicted octanol–water partition coefficient (Wildman–Crippen LogP) is 2.90. The molecule has 2 aliphatic rings. The maximum atomic E-state index is 12.6. The minimum absolute atomic E-state index is 0.0289. The van der Waals surface area contributed by atoms with Gasteiger partial charge in [0, 0.05) is 5.92 Å². The Labute approximate surface area is 113 Å². The summed E-state index contributed by atoms with van der Waals surface area (Å²) in [5.41, 5.74) is 1.16. The molecule has 1 aromatic carbocycles. The summed E-state index contributed by atoms with van der Waals surface area (Å²) in [6, 6.07) is 10.2. The van der Waals surface area contributed by atoms with Crippen molar-refractivity contribution in [3.05, 3.63) is 48.6 Å². The van der Waals surface area contributed by atoms with Crippen LogP contribution in [0.15, 0.2) is 43.0 Å². The first-order valence-electron chi connectivity index (χ1n) is 6.91. The Balaban J connectivity index is 1.85. The van der Waals surface area contributed by atoms with Crippen LogP contribution in [0.25, 0.3) is 0 Å². The van der Waals surface area contributed by atoms with E-state index in [-0.39, 0.29) is 24.1 Å². The zero-order valence-corrected chi connectivity index (χ0v) is 11.0. The number of ether oxygens (including phenoxy) is 1. The van der Waals surface area contributed by atoms with E-state index in [2.05, 4.69) is 18.7 Å². The molecule has 0 aromatic heterocycles. The number of carbonyl (C=O) groups is 1. The van der Waals surface area contributed by atoms with E-state index >= 15 is 0 Å². The first-order valence-corrected chi connectivity index (χ1v) is 6.91. The molecule has 0 bridgehead atoms. The Bertz CT molecular complexity index is 471. The van der Waals surface area contributed by atoms with Gasteiger partial charge in [-0.1, -0.05) is 36.4 Å². The number of hydrogen-bond acceptors (Lipinski definition) is 2. The minimum atomic E-state index is -0.0289. The molecule has 0 aliphatic carbocycles. The summed E-state index contributed by atoms with van der Waals surface area (Å²) in [5.74, 6) is 0.309. The van der Waals surface area contributed by atoms with Crippen molar-refractivity contribution < 1.29 is 9.53 Å². The standard InChI is InChI=1S/C16H19NO2/c1-2-6-13-9-10-15-17(16(13)18)14(11-19-15)12-7-4-3-5-8-12/h2-5,7-8,13-15H,1,6,9-11H2/t13-,14-,15-/m0/s1. The second-order valence-corrected chi connectivity index (χ2v) is 5.26. The molecule has 0 N–H and O–H groups in total. The molecule has 100 valence electrons. The van der Waals surface area contributed by atoms with Crippen molar-refractivity contribution in [3.8, 4) is 0 Å². The molecule has 0 unspecified atom stereocenters. The van der Waals surface area contributed by atoms with Crippen LogP contribution in [-0.4, -0.2) is 23.6 Å². The van der Waals surface area contributed by atoms with Crippen LogP contribution in [0.4, 0.5) is 0 Å². The fourth-order valence-corrected chi connectivity index (χ4v) is 3.11. The predicted molar refractivity (Wildman–Crippen MR) is 73.3 cm³/mol. The summed E-state index contributed by atoms with van der Waals surface area (Å²) in [4.78, 5) is 14.5. The number of fused-ring (bicyclic) bond motifs is 1. The number of benzene rings is 1. The van der Waals surface area contributed by atoms with Gasteiger partial charge >= 0.3 is 0 Å². The Morgan fingerprint density at radius 1 is 1.32 bits per heavy atom. The normalized spacial score (nSPS) is 30.2. The molecule has 3 atom stereocenters. The summed E-state index contributed by atoms with van der Waals surface area (Å²) in [7, 11) is 0. The van der Waals surface area contributed by atoms with Gasteiger partial charge in [0.05, 0.1) is 12.6 Å². The van der Waals surface area contributed by atoms with Crippen LogP contribution < -0.4 is 0 Å². The molecule has 1 aromatic rings. The number of allylic oxidation sites excluding steroid dienone is 1. The van der Waals surface area contributed by atoms with Gasteiger partial charge in [-0.05, 0) is 24.8 Å². The van der Waals surface area contributed by atoms with Crippen LogP contribution in [0.3, 0.4) is 0 Å². The molecule has 0 saturated carbocycles. The maximum Gasteiger partial charge on any atom is 0.228 e. The lowest BCUT2D eigenvalue weighted by Crippen LogP contribution is -2.45. The van der Waals surface area contributed by atoms with Crippen LogP contribution >= 0.6 is 0 Å². The van der Waals surface area contributed by atoms with Crippen molar-refractivity contribution in [2.75, 3.05) is 6.61 Å². The number of amides is 1. The average Bonchev–Trinajstić information content (AvgIpc) is 2.88. The van der Waals surface area contributed by atoms with Crippen molar-refractivity contribution in [2.45, 2.75) is 31.5 Å². The Hall–Kier alpha value is -1.61. The topological polar surface area (TPSA) is 29.5 Å². The average molecular weight is 257 g/mol. The van der Waals surface area contributed by atoms with Gasteiger partial charge in [0.1, 0.15) is 6.23 Å². The van der Waals surface area contributed by atoms with E-state index in [1.807, 2.05) is 29.2 Å². The van der Waals surface area contributed by atoms with Crippen molar-refractivity contribution >= 4 is 5.91 Å². The monoisotopic (exact) mass is 257 g/mol. The molecular formula is C16H19NO2. The van der Waals surface area contributed by atoms with Crippen LogP contribution in [0.5, 0.6) is 0 Å². The third-order valence-corrected chi connectivity index (χ3v) is 4.09. The lowest BCUT2D eigenvalue weighted by Gasteiger charge is -2.36. The Morgan fingerprint density at radius 3 is 2.84 bits per heavy atom. The van der Waals surface area contributed by atoms with Crippen LogP contribution in [0.2, 0.25) is 0 Å². The molecule has 0 radical (unpaired) electrons. The summed E-state index contributed by atoms with van der Waals surface area (Å²) < 4.78 is 5.80. The second-order valence-electron chi connectivity index (χ2n) is 5.26. The lowest BCUT2D eigenvalue weighted by atomic mass is 9.91. The first-order chi connectivity index (χ1) is 9.31. The van der Waals surface area contributed by atoms with Crippen LogP contribution in [0, 0.1) is 5.92 Å². The zero-order valence-electron chi connectivity index (χ0n) is 11.0. The van der Waals surface area contributed by atoms with Crippen molar-refractivity contribution in [1.29, 1.82) is 0 Å². The van der Waals surface area contributed by atoms with E-state index < -0.39 is 0 Å². The molecule has 2 saturated heterocycles. The number of carbonyl (C=O) groups excluding carboxylic acids is 1. The molecule has 3 rings (SSSR count). The number of hydrogen-bond donors (Lipinski definition) is 0. The highest BCUT2D eigenvalue weighted by Crippen LogP contribution is 2.38. The largest absolute Gasteiger partial charge is 0.356 e. The second kappa shape index (κ2) is 5.17. The van der Waals surface area contributed by atoms with Gasteiger partial charge in [0.2, 0.25) is 5.91 Å². The highest BCUT2D eigenvalue weighted by molar-refractivity contribution is 5.80. The van der Waals surface area contributed by atoms with Crippen molar-refractivity contribution in [3.63, 3.8) is 0 Å². The first kappa shape index (κ1) is 12.4. The fraction of sp³-hybridized carbons (Fsp3) is 0.438. The lowest BCUT2D eigenvalue weighted by molar-refractivity contribution is -0.148. The minimum Gasteiger partial charge on any atom is -0.356 e. The molecule has 2 fully saturated rings. The van der Waals surface area contributed by atoms with Gasteiger partial charge < -0.3 is 9.64 Å². The van der Waals surface area contributed by atoms with Gasteiger partial charge in [-0.3, -0.25) is 4.79 Å². The van der Waals surface area contributed by atoms with E-state index in [0.29, 0.717) is 6.61 Å². The summed E-state index contributed by atoms with van der Waals surface area (Å²) in [5, 5.41) is 0. The molecule has 3 heteroatoms. The zero-order chi connectivity index (χ0) is 13.2. The highest BCUT2D eigenvalue weighted by atomic mass is 16.5. The molecular weight excluding hydrogens is 238 g/mol. The smallest absolute Gasteiger partial charge is 0.228 e. The third-order valence-electron chi connectivity index (χ3n) is 4.09. The Morgan fingerprint density at radius 2 is 2.11 bits per heavy atom. The summed E-state index contributed by atoms with van der Waals surface area (Å²) in [6.07, 6.45) is 4.43. The van der Waals surface area contributed by atoms with E-state index in [1.54, 1.807) is 0 Å². The maximum absolute atomic E-state index is 12.6. The SMILES string of the molecule is C=CC[C@H]1CC[C@@H]2OC[C@@H](c3ccccc3)N2C1=O. The van der Waals surface area contributed by atoms with Crippen molar-refractivity contribution in [1.82, 2.24) is 4.90 Å². The van der Waals surface area contributed by atoms with Crippen LogP contribution in [0.1, 0.15) is 30.9 Å². The summed E-state index contributed by atoms with van der Waals surface area (Å²) >= 11 is 0. The van der Waals surface area contributed by atoms with Crippen LogP contribution in [-0.2, 0) is 9.53 Å². The van der Waals surface area contributed by atoms with Gasteiger partial charge in [-0.2, -0.15) is 0 Å². The molecule has 1 amide bonds. The number of rotatable bonds is 3. The van der Waals surface area contributed by atoms with Gasteiger partial charge in [-0.15, -0.1) is 6.58 Å². The molecule has 0 spiro atoms. The molecule has 19 heavy (non-hydrogen) atoms. The summed E-state index contributed by atoms with van der Waals surface area (Å²) in [6.45, 7) is 4.36. The molecule has 2 aliphatic heterocycles. The van der Waals surface area contributed by atoms with Gasteiger partial charge in [0.25, 0.3) is 0 Å². The molecule has 3 nitrogen and oxygen atoms in total. The van der Waals surface area contributed by atoms with Gasteiger partial charge in [-0.25, -0.2) is 0 Å². The van der Waals surface area contributed by atoms with E-state index in [9.17, 15) is 4.79 Å². The number of piperidine rings is 1. The third kappa shape index (κ3) is 2.19. The quantitative estimate of drug-likeness (QED) is 0.779. The highest BCUT2D eigenvalue weighted by Gasteiger charge is 2.44. The van der Waals surface area contributed by atoms with E-state index in [0.717, 1.165) is 24.8 Å².